The van der Waals surface area contributed by atoms with Crippen molar-refractivity contribution in [2.24, 2.45) is 5.73 Å². The van der Waals surface area contributed by atoms with Gasteiger partial charge in [0.05, 0.1) is 50.3 Å². The Hall–Kier alpha value is -11.1. The summed E-state index contributed by atoms with van der Waals surface area (Å²) in [4.78, 5) is 133. The first kappa shape index (κ1) is 105. The molecule has 0 aliphatic heterocycles. The predicted octanol–water partition coefficient (Wildman–Crippen LogP) is 16.3. The first-order valence-corrected chi connectivity index (χ1v) is 50.4. The van der Waals surface area contributed by atoms with E-state index in [0.717, 1.165) is 97.3 Å². The molecule has 0 saturated heterocycles. The van der Waals surface area contributed by atoms with Crippen LogP contribution in [-0.4, -0.2) is 161 Å². The van der Waals surface area contributed by atoms with Crippen molar-refractivity contribution in [2.45, 2.75) is 209 Å². The molecule has 0 spiro atoms. The normalized spacial score (nSPS) is 11.7. The van der Waals surface area contributed by atoms with Crippen molar-refractivity contribution in [1.29, 1.82) is 0 Å². The number of esters is 2. The smallest absolute Gasteiger partial charge is 0.244 e. The van der Waals surface area contributed by atoms with E-state index in [1.54, 1.807) is 149 Å². The Morgan fingerprint density at radius 2 is 0.810 bits per heavy atom. The van der Waals surface area contributed by atoms with Gasteiger partial charge >= 0.3 is 142 Å². The molecule has 11 N–H and O–H groups in total. The number of anilines is 7. The third kappa shape index (κ3) is 41.8. The van der Waals surface area contributed by atoms with E-state index in [1.165, 1.54) is 51.8 Å². The van der Waals surface area contributed by atoms with Crippen LogP contribution in [0.4, 0.5) is 40.7 Å². The number of unbranched alkanes of at least 4 members (excludes halogenated alkanes) is 3. The van der Waals surface area contributed by atoms with Crippen molar-refractivity contribution in [3.63, 3.8) is 0 Å². The number of ether oxygens (including phenoxy) is 2. The SMILES string of the molecule is CC(C)(C)OC(=O)CCC(=O)Nc1ccccn1.CC(C)(C)OC(=O)CCC(=O)O.CCC[CH2][Sn]([CH2]CCC)([CH2]CCC)[c]1ccccn1.Cl.Clc1nc(Cl)c2c(n1)CCC2.NCC(=O)Nc1ccccn1.Nc1ccccn1.O=C(CNc1nc(-c2ccccn2)nc2c1CCC2)Nc1ccccn1.O=C(CNc1nc(Cl)nc2c1CCC2)Nc1ccccn1. The van der Waals surface area contributed by atoms with Gasteiger partial charge in [0.15, 0.2) is 5.82 Å². The van der Waals surface area contributed by atoms with Gasteiger partial charge in [-0.1, -0.05) is 48.0 Å². The summed E-state index contributed by atoms with van der Waals surface area (Å²) in [5, 5.41) is 26.0. The molecule has 0 bridgehead atoms. The number of aryl methyl sites for hydroxylation is 3. The summed E-state index contributed by atoms with van der Waals surface area (Å²) >= 11 is 15.2. The molecule has 4 amide bonds. The Kier molecular flexibility index (Phi) is 48.1. The van der Waals surface area contributed by atoms with Crippen molar-refractivity contribution in [2.75, 3.05) is 57.3 Å². The average Bonchev–Trinajstić information content (AvgIpc) is 1.83. The average molecular weight is 1910 g/mol. The van der Waals surface area contributed by atoms with Crippen molar-refractivity contribution in [1.82, 2.24) is 64.8 Å². The van der Waals surface area contributed by atoms with Gasteiger partial charge in [-0.2, -0.15) is 0 Å². The largest absolute Gasteiger partial charge is 0.384 e. The number of nitrogens with two attached hydrogens (primary N) is 2. The molecule has 10 aromatic rings. The first-order valence-electron chi connectivity index (χ1n) is 41.8. The number of hydrogen-bond acceptors (Lipinski definition) is 26. The number of pyridine rings is 7. The van der Waals surface area contributed by atoms with Crippen molar-refractivity contribution >= 4 is 152 Å². The molecule has 0 saturated carbocycles. The first-order chi connectivity index (χ1) is 60.0. The van der Waals surface area contributed by atoms with E-state index >= 15 is 0 Å². The standard InChI is InChI=1S/C19H18N6O.C14H14ClN5O.C13H18N2O3.C8H14O4.C7H6Cl2N2.C7H9N3O.C5H6N2.C5H4N.3C4H9.ClH.Sn/c26-17(24-16-9-2-4-11-21-16)12-22-18-13-6-5-8-14(13)23-19(25-18)15-7-1-3-10-20-15;15-14-18-10-5-3-4-9(10)13(20-14)17-8-12(21)19-11-6-1-2-7-16-11;1-13(2,3)18-12(17)8-7-11(16)15-10-6-4-5-9-14-10;1-8(2,3)12-7(11)5-4-6(9)10;8-6-4-2-1-3-5(4)10-7(9)11-6;8-5-7(11)10-6-3-1-2-4-9-6;6-5-3-1-2-4-7-5;1-2-4-6-5-3-1;3*1-3-4-2;;/h1-4,7,9-11H,5-6,8,12H2,(H,21,24,26)(H,22,23,25);1-2,6-7H,3-5,8H2,(H,16,19,21)(H,17,18,20);4-6,9H,7-8H2,1-3H3,(H,14,15,16);4-5H2,1-3H3,(H,9,10);1-3H2;1-4H,5,8H2,(H,9,10,11);1-4H,(H2,6,7);1-4H;3*1,3-4H2,2H3;1H;. The van der Waals surface area contributed by atoms with Gasteiger partial charge in [0.1, 0.15) is 62.8 Å². The van der Waals surface area contributed by atoms with E-state index in [4.69, 9.17) is 65.8 Å². The van der Waals surface area contributed by atoms with Crippen molar-refractivity contribution in [3.8, 4) is 11.5 Å². The number of fused-ring (bicyclic) bond motifs is 3. The number of carboxylic acid groups (broad SMARTS) is 1. The minimum absolute atomic E-state index is 0. The van der Waals surface area contributed by atoms with Gasteiger partial charge in [0.25, 0.3) is 0 Å². The second kappa shape index (κ2) is 57.5. The van der Waals surface area contributed by atoms with Gasteiger partial charge in [-0.3, -0.25) is 38.5 Å². The maximum Gasteiger partial charge on any atom is 0.244 e. The maximum absolute atomic E-state index is 12.2. The molecule has 10 aromatic heterocycles. The number of aliphatic carboxylic acids is 1. The molecule has 13 rings (SSSR count). The molecule has 0 fully saturated rings. The van der Waals surface area contributed by atoms with Crippen LogP contribution >= 0.6 is 47.2 Å². The summed E-state index contributed by atoms with van der Waals surface area (Å²) in [5.41, 5.74) is 16.3. The van der Waals surface area contributed by atoms with E-state index in [9.17, 15) is 33.6 Å². The minimum Gasteiger partial charge on any atom is -0.384 e. The van der Waals surface area contributed by atoms with E-state index in [2.05, 4.69) is 131 Å². The van der Waals surface area contributed by atoms with Crippen LogP contribution in [0.1, 0.15) is 180 Å². The van der Waals surface area contributed by atoms with Crippen molar-refractivity contribution < 1.29 is 48.1 Å². The summed E-state index contributed by atoms with van der Waals surface area (Å²) in [6, 6.07) is 38.9. The van der Waals surface area contributed by atoms with Gasteiger partial charge in [-0.05, 0) is 195 Å². The van der Waals surface area contributed by atoms with Crippen LogP contribution in [-0.2, 0) is 81.6 Å². The van der Waals surface area contributed by atoms with Crippen LogP contribution in [0.25, 0.3) is 11.5 Å². The topological polar surface area (TPSA) is 450 Å². The molecule has 3 aliphatic carbocycles. The molecule has 3 aliphatic rings. The van der Waals surface area contributed by atoms with Gasteiger partial charge in [0, 0.05) is 66.0 Å². The fraction of sp³-hybridized carbons (Fsp3) is 0.400. The fourth-order valence-electron chi connectivity index (χ4n) is 12.5. The van der Waals surface area contributed by atoms with Crippen LogP contribution in [0.5, 0.6) is 0 Å². The Morgan fingerprint density at radius 1 is 0.429 bits per heavy atom. The quantitative estimate of drug-likeness (QED) is 0.00951. The number of nitrogens with zero attached hydrogens (tertiary/aromatic N) is 13. The fourth-order valence-corrected chi connectivity index (χ4v) is 28.6. The number of nitrogens with one attached hydrogen (secondary N) is 6. The minimum atomic E-state index is -2.21. The van der Waals surface area contributed by atoms with E-state index in [1.807, 2.05) is 48.7 Å². The molecular weight excluding hydrogens is 1800 g/mol. The Labute approximate surface area is 762 Å². The zero-order valence-electron chi connectivity index (χ0n) is 73.0. The number of amides is 4. The molecule has 0 unspecified atom stereocenters. The zero-order chi connectivity index (χ0) is 90.8. The Bertz CT molecular complexity index is 4910. The number of halogens is 4. The molecule has 0 radical (unpaired) electrons. The van der Waals surface area contributed by atoms with Gasteiger partial charge < -0.3 is 57.9 Å². The van der Waals surface area contributed by atoms with Crippen LogP contribution in [0.15, 0.2) is 171 Å². The number of rotatable bonds is 28. The van der Waals surface area contributed by atoms with Gasteiger partial charge in [0.2, 0.25) is 34.2 Å². The molecule has 0 aromatic carbocycles. The summed E-state index contributed by atoms with van der Waals surface area (Å²) < 4.78 is 16.1. The van der Waals surface area contributed by atoms with Crippen LogP contribution in [0, 0.1) is 0 Å². The Morgan fingerprint density at radius 3 is 1.19 bits per heavy atom. The molecule has 31 nitrogen and oxygen atoms in total. The summed E-state index contributed by atoms with van der Waals surface area (Å²) in [5.74, 6) is 1.91. The van der Waals surface area contributed by atoms with E-state index in [0.29, 0.717) is 51.7 Å². The molecule has 0 atom stereocenters. The van der Waals surface area contributed by atoms with Gasteiger partial charge in [-0.15, -0.1) is 12.4 Å². The molecule has 10 heterocycles. The van der Waals surface area contributed by atoms with Crippen LogP contribution in [0.2, 0.25) is 29.0 Å². The van der Waals surface area contributed by atoms with E-state index in [-0.39, 0.29) is 97.9 Å². The second-order valence-electron chi connectivity index (χ2n) is 30.7. The van der Waals surface area contributed by atoms with Gasteiger partial charge in [-0.25, -0.2) is 54.8 Å². The van der Waals surface area contributed by atoms with Crippen molar-refractivity contribution in [3.05, 3.63) is 220 Å². The molecule has 126 heavy (non-hydrogen) atoms. The third-order valence-corrected chi connectivity index (χ3v) is 34.0. The number of aromatic nitrogens is 13. The number of carbonyl (C=O) groups excluding carboxylic acids is 6. The zero-order valence-corrected chi connectivity index (χ0v) is 78.9. The molecular formula is C90H117Cl4N21O10Sn. The number of carbonyl (C=O) groups is 7. The predicted molar refractivity (Wildman–Crippen MR) is 500 cm³/mol. The molecule has 674 valence electrons. The Balaban J connectivity index is 0.000000262. The number of hydrogen-bond donors (Lipinski definition) is 9. The monoisotopic (exact) mass is 1910 g/mol. The maximum atomic E-state index is 12.2. The van der Waals surface area contributed by atoms with Crippen LogP contribution < -0.4 is 47.1 Å². The van der Waals surface area contributed by atoms with Crippen LogP contribution in [0.3, 0.4) is 0 Å². The summed E-state index contributed by atoms with van der Waals surface area (Å²) in [6.45, 7) is 17.8. The molecule has 36 heteroatoms. The van der Waals surface area contributed by atoms with E-state index < -0.39 is 41.5 Å². The number of carboxylic acids is 1. The second-order valence-corrected chi connectivity index (χ2v) is 44.7. The summed E-state index contributed by atoms with van der Waals surface area (Å²) in [7, 11) is 0. The number of nitrogen functional groups attached to an aromatic ring is 1. The third-order valence-electron chi connectivity index (χ3n) is 18.2. The summed E-state index contributed by atoms with van der Waals surface area (Å²) in [6.07, 6.45) is 28.9.